The first-order chi connectivity index (χ1) is 14.2. The van der Waals surface area contributed by atoms with Crippen LogP contribution in [0.5, 0.6) is 0 Å². The fourth-order valence-corrected chi connectivity index (χ4v) is 3.14. The van der Waals surface area contributed by atoms with Gasteiger partial charge in [-0.05, 0) is 59.0 Å². The number of benzene rings is 1. The summed E-state index contributed by atoms with van der Waals surface area (Å²) in [5, 5.41) is 9.76. The lowest BCUT2D eigenvalue weighted by Crippen LogP contribution is -2.52. The van der Waals surface area contributed by atoms with E-state index in [2.05, 4.69) is 0 Å². The number of hydrogen-bond donors (Lipinski definition) is 1. The molecule has 1 aromatic carbocycles. The van der Waals surface area contributed by atoms with Crippen LogP contribution in [0.3, 0.4) is 0 Å². The maximum absolute atomic E-state index is 12.9. The molecule has 1 rings (SSSR count). The minimum atomic E-state index is -1.05. The van der Waals surface area contributed by atoms with Crippen molar-refractivity contribution in [3.05, 3.63) is 34.9 Å². The number of halogens is 1. The van der Waals surface area contributed by atoms with Crippen LogP contribution in [0.15, 0.2) is 24.3 Å². The van der Waals surface area contributed by atoms with Crippen molar-refractivity contribution in [3.63, 3.8) is 0 Å². The Kier molecular flexibility index (Phi) is 9.77. The third kappa shape index (κ3) is 9.14. The molecule has 0 spiro atoms. The Balaban J connectivity index is 3.08. The van der Waals surface area contributed by atoms with Gasteiger partial charge in [-0.1, -0.05) is 23.7 Å². The van der Waals surface area contributed by atoms with Gasteiger partial charge in [0.2, 0.25) is 5.91 Å². The molecule has 0 fully saturated rings. The molecule has 2 amide bonds. The van der Waals surface area contributed by atoms with E-state index < -0.39 is 29.7 Å². The fourth-order valence-electron chi connectivity index (χ4n) is 3.02. The summed E-state index contributed by atoms with van der Waals surface area (Å²) in [5.41, 5.74) is 0.287. The predicted octanol–water partition coefficient (Wildman–Crippen LogP) is 2.98. The van der Waals surface area contributed by atoms with Crippen LogP contribution in [0, 0.1) is 0 Å². The molecular formula is C22H34ClN3O5. The normalized spacial score (nSPS) is 13.5. The molecule has 0 aliphatic carbocycles. The molecule has 0 heterocycles. The summed E-state index contributed by atoms with van der Waals surface area (Å²) in [6.07, 6.45) is -0.335. The fraction of sp³-hybridized carbons (Fsp3) is 0.591. The number of carbonyl (C=O) groups is 3. The van der Waals surface area contributed by atoms with E-state index in [-0.39, 0.29) is 18.9 Å². The summed E-state index contributed by atoms with van der Waals surface area (Å²) in [6, 6.07) is 6.08. The van der Waals surface area contributed by atoms with Gasteiger partial charge >= 0.3 is 12.1 Å². The van der Waals surface area contributed by atoms with Gasteiger partial charge in [-0.25, -0.2) is 4.79 Å². The molecule has 0 aromatic heterocycles. The van der Waals surface area contributed by atoms with Gasteiger partial charge in [0.05, 0.1) is 18.5 Å². The van der Waals surface area contributed by atoms with E-state index in [1.54, 1.807) is 66.0 Å². The average Bonchev–Trinajstić information content (AvgIpc) is 2.64. The molecule has 31 heavy (non-hydrogen) atoms. The van der Waals surface area contributed by atoms with Crippen molar-refractivity contribution in [1.29, 1.82) is 0 Å². The molecule has 0 aliphatic heterocycles. The third-order valence-electron chi connectivity index (χ3n) is 4.75. The number of carbonyl (C=O) groups excluding carboxylic acids is 2. The number of amides is 2. The van der Waals surface area contributed by atoms with Crippen LogP contribution in [0.25, 0.3) is 0 Å². The number of hydrogen-bond acceptors (Lipinski definition) is 5. The summed E-state index contributed by atoms with van der Waals surface area (Å²) in [4.78, 5) is 41.3. The molecule has 1 N–H and O–H groups in total. The second-order valence-electron chi connectivity index (χ2n) is 8.87. The summed E-state index contributed by atoms with van der Waals surface area (Å²) in [7, 11) is 6.57. The van der Waals surface area contributed by atoms with Crippen LogP contribution >= 0.6 is 11.6 Å². The summed E-state index contributed by atoms with van der Waals surface area (Å²) in [6.45, 7) is 5.57. The Bertz CT molecular complexity index is 761. The van der Waals surface area contributed by atoms with Crippen molar-refractivity contribution in [1.82, 2.24) is 14.7 Å². The topological polar surface area (TPSA) is 90.4 Å². The molecule has 9 heteroatoms. The number of ether oxygens (including phenoxy) is 1. The SMILES string of the molecule is CN(C[C@@H](Cc1ccc(Cl)cc1)N(C)C(=O)OC(C)(C)C)C(=O)[C@@H](CC(=O)O)N(C)C. The highest BCUT2D eigenvalue weighted by Crippen LogP contribution is 2.17. The molecule has 0 saturated carbocycles. The largest absolute Gasteiger partial charge is 0.481 e. The van der Waals surface area contributed by atoms with Crippen molar-refractivity contribution in [2.75, 3.05) is 34.7 Å². The Labute approximate surface area is 189 Å². The van der Waals surface area contributed by atoms with Gasteiger partial charge in [0.15, 0.2) is 0 Å². The molecule has 2 atom stereocenters. The molecule has 0 unspecified atom stereocenters. The van der Waals surface area contributed by atoms with Crippen molar-refractivity contribution in [3.8, 4) is 0 Å². The number of carboxylic acids is 1. The number of carboxylic acid groups (broad SMARTS) is 1. The Morgan fingerprint density at radius 2 is 1.61 bits per heavy atom. The van der Waals surface area contributed by atoms with E-state index >= 15 is 0 Å². The Morgan fingerprint density at radius 1 is 1.06 bits per heavy atom. The predicted molar refractivity (Wildman–Crippen MR) is 120 cm³/mol. The van der Waals surface area contributed by atoms with Gasteiger partial charge in [0.25, 0.3) is 0 Å². The van der Waals surface area contributed by atoms with Crippen molar-refractivity contribution >= 4 is 29.6 Å². The third-order valence-corrected chi connectivity index (χ3v) is 5.00. The average molecular weight is 456 g/mol. The van der Waals surface area contributed by atoms with Gasteiger partial charge < -0.3 is 19.6 Å². The second-order valence-corrected chi connectivity index (χ2v) is 9.31. The highest BCUT2D eigenvalue weighted by Gasteiger charge is 2.31. The summed E-state index contributed by atoms with van der Waals surface area (Å²) < 4.78 is 5.49. The van der Waals surface area contributed by atoms with Crippen LogP contribution in [0.1, 0.15) is 32.8 Å². The van der Waals surface area contributed by atoms with Crippen LogP contribution in [-0.2, 0) is 20.7 Å². The maximum atomic E-state index is 12.9. The highest BCUT2D eigenvalue weighted by atomic mass is 35.5. The number of nitrogens with zero attached hydrogens (tertiary/aromatic N) is 3. The van der Waals surface area contributed by atoms with Gasteiger partial charge in [0, 0.05) is 25.7 Å². The van der Waals surface area contributed by atoms with E-state index in [4.69, 9.17) is 21.4 Å². The van der Waals surface area contributed by atoms with E-state index in [1.165, 1.54) is 9.80 Å². The molecule has 0 saturated heterocycles. The van der Waals surface area contributed by atoms with Crippen LogP contribution in [-0.4, -0.2) is 90.2 Å². The second kappa shape index (κ2) is 11.3. The quantitative estimate of drug-likeness (QED) is 0.615. The van der Waals surface area contributed by atoms with E-state index in [0.717, 1.165) is 5.56 Å². The van der Waals surface area contributed by atoms with Crippen molar-refractivity contribution < 1.29 is 24.2 Å². The van der Waals surface area contributed by atoms with E-state index in [1.807, 2.05) is 12.1 Å². The van der Waals surface area contributed by atoms with E-state index in [9.17, 15) is 14.4 Å². The van der Waals surface area contributed by atoms with Crippen molar-refractivity contribution in [2.24, 2.45) is 0 Å². The molecule has 174 valence electrons. The summed E-state index contributed by atoms with van der Waals surface area (Å²) in [5.74, 6) is -1.38. The lowest BCUT2D eigenvalue weighted by Gasteiger charge is -2.35. The Morgan fingerprint density at radius 3 is 2.06 bits per heavy atom. The van der Waals surface area contributed by atoms with Gasteiger partial charge in [-0.2, -0.15) is 0 Å². The Hall–Kier alpha value is -2.32. The lowest BCUT2D eigenvalue weighted by atomic mass is 10.0. The number of aliphatic carboxylic acids is 1. The monoisotopic (exact) mass is 455 g/mol. The zero-order valence-electron chi connectivity index (χ0n) is 19.4. The first kappa shape index (κ1) is 26.7. The first-order valence-corrected chi connectivity index (χ1v) is 10.4. The van der Waals surface area contributed by atoms with Crippen LogP contribution in [0.2, 0.25) is 5.02 Å². The highest BCUT2D eigenvalue weighted by molar-refractivity contribution is 6.30. The van der Waals surface area contributed by atoms with Crippen LogP contribution in [0.4, 0.5) is 4.79 Å². The zero-order valence-corrected chi connectivity index (χ0v) is 20.1. The molecule has 1 aromatic rings. The number of rotatable bonds is 9. The maximum Gasteiger partial charge on any atom is 0.410 e. The minimum Gasteiger partial charge on any atom is -0.481 e. The molecule has 0 radical (unpaired) electrons. The van der Waals surface area contributed by atoms with Gasteiger partial charge in [-0.3, -0.25) is 14.5 Å². The van der Waals surface area contributed by atoms with Crippen molar-refractivity contribution in [2.45, 2.75) is 51.3 Å². The summed E-state index contributed by atoms with van der Waals surface area (Å²) >= 11 is 5.98. The van der Waals surface area contributed by atoms with Crippen LogP contribution < -0.4 is 0 Å². The standard InChI is InChI=1S/C22H34ClN3O5/c1-22(2,3)31-21(30)26(7)17(12-15-8-10-16(23)11-9-15)14-25(6)20(29)18(24(4)5)13-19(27)28/h8-11,17-18H,12-14H2,1-7H3,(H,27,28)/t17-,18-/m1/s1. The van der Waals surface area contributed by atoms with Gasteiger partial charge in [-0.15, -0.1) is 0 Å². The molecule has 0 aliphatic rings. The number of likely N-dealkylation sites (N-methyl/N-ethyl adjacent to an activating group) is 3. The lowest BCUT2D eigenvalue weighted by molar-refractivity contribution is -0.144. The molecule has 0 bridgehead atoms. The zero-order chi connectivity index (χ0) is 23.9. The molecular weight excluding hydrogens is 422 g/mol. The van der Waals surface area contributed by atoms with E-state index in [0.29, 0.717) is 11.4 Å². The first-order valence-electron chi connectivity index (χ1n) is 10.0. The van der Waals surface area contributed by atoms with Gasteiger partial charge in [0.1, 0.15) is 5.60 Å². The minimum absolute atomic E-state index is 0.209. The molecule has 8 nitrogen and oxygen atoms in total. The smallest absolute Gasteiger partial charge is 0.410 e.